The fraction of sp³-hybridized carbons (Fsp3) is 0.429. The minimum atomic E-state index is -5.40. The van der Waals surface area contributed by atoms with Gasteiger partial charge in [-0.05, 0) is 81.3 Å². The first-order chi connectivity index (χ1) is 24.0. The predicted molar refractivity (Wildman–Crippen MR) is 172 cm³/mol. The second-order valence-electron chi connectivity index (χ2n) is 13.9. The number of sulfonamides is 1. The van der Waals surface area contributed by atoms with Gasteiger partial charge < -0.3 is 9.64 Å². The lowest BCUT2D eigenvalue weighted by molar-refractivity contribution is -0.125. The summed E-state index contributed by atoms with van der Waals surface area (Å²) in [6.07, 6.45) is 6.14. The van der Waals surface area contributed by atoms with E-state index in [2.05, 4.69) is 4.98 Å². The summed E-state index contributed by atoms with van der Waals surface area (Å²) in [4.78, 5) is 44.7. The first kappa shape index (κ1) is 36.4. The molecule has 0 radical (unpaired) electrons. The van der Waals surface area contributed by atoms with Gasteiger partial charge in [-0.1, -0.05) is 25.3 Å². The third-order valence-corrected chi connectivity index (χ3v) is 11.2. The van der Waals surface area contributed by atoms with Crippen molar-refractivity contribution in [1.82, 2.24) is 14.2 Å². The number of ether oxygens (including phenoxy) is 1. The lowest BCUT2D eigenvalue weighted by Gasteiger charge is -2.41. The summed E-state index contributed by atoms with van der Waals surface area (Å²) in [5, 5.41) is 0. The lowest BCUT2D eigenvalue weighted by Crippen LogP contribution is -2.59. The van der Waals surface area contributed by atoms with Crippen LogP contribution in [0.1, 0.15) is 92.4 Å². The number of benzene rings is 2. The number of halogens is 5. The topological polar surface area (TPSA) is 117 Å². The van der Waals surface area contributed by atoms with E-state index < -0.39 is 80.1 Å². The molecule has 0 N–H and O–H groups in total. The highest BCUT2D eigenvalue weighted by Gasteiger charge is 2.48. The Hall–Kier alpha value is -4.44. The van der Waals surface area contributed by atoms with Crippen LogP contribution >= 0.6 is 0 Å². The Labute approximate surface area is 291 Å². The van der Waals surface area contributed by atoms with Crippen molar-refractivity contribution in [3.8, 4) is 0 Å². The molecule has 3 aliphatic rings. The minimum Gasteiger partial charge on any atom is -0.443 e. The Balaban J connectivity index is 1.33. The van der Waals surface area contributed by atoms with E-state index in [9.17, 15) is 44.8 Å². The van der Waals surface area contributed by atoms with E-state index in [0.717, 1.165) is 36.1 Å². The second-order valence-corrected chi connectivity index (χ2v) is 15.7. The number of carbonyl (C=O) groups is 3. The molecule has 2 aliphatic heterocycles. The number of aromatic nitrogens is 1. The summed E-state index contributed by atoms with van der Waals surface area (Å²) < 4.78 is 104. The third-order valence-electron chi connectivity index (χ3n) is 9.32. The molecule has 3 heterocycles. The highest BCUT2D eigenvalue weighted by molar-refractivity contribution is 7.89. The molecule has 51 heavy (non-hydrogen) atoms. The molecule has 0 bridgehead atoms. The molecule has 2 aromatic carbocycles. The van der Waals surface area contributed by atoms with Gasteiger partial charge in [0.2, 0.25) is 21.7 Å². The number of amides is 3. The standard InChI is InChI=1S/C35H35F5N4O6S/c1-35(2,3)50-34(47)43-17-21-15-23(11-12-24(21)32(43)45)42(18-22-10-9-20(16-41-22)19-7-5-4-6-8-19)33(46)25-13-14-44(25)51(48,49)31-29(39)27(37)26(36)28(38)30(31)40/h9-12,15-16,19,25H,4-8,13-14,17-18H2,1-3H3/t25-/m1/s1. The van der Waals surface area contributed by atoms with Gasteiger partial charge in [0.15, 0.2) is 28.2 Å². The molecule has 1 saturated heterocycles. The zero-order chi connectivity index (χ0) is 37.0. The van der Waals surface area contributed by atoms with Crippen LogP contribution < -0.4 is 4.90 Å². The molecule has 3 aromatic rings. The molecular formula is C35H35F5N4O6S. The molecule has 10 nitrogen and oxygen atoms in total. The van der Waals surface area contributed by atoms with Gasteiger partial charge in [-0.25, -0.2) is 40.1 Å². The van der Waals surface area contributed by atoms with E-state index in [-0.39, 0.29) is 30.8 Å². The monoisotopic (exact) mass is 734 g/mol. The highest BCUT2D eigenvalue weighted by atomic mass is 32.2. The molecule has 1 aliphatic carbocycles. The number of imide groups is 1. The molecule has 3 amide bonds. The van der Waals surface area contributed by atoms with Gasteiger partial charge in [0, 0.05) is 24.0 Å². The predicted octanol–water partition coefficient (Wildman–Crippen LogP) is 6.71. The number of rotatable bonds is 7. The Morgan fingerprint density at radius 2 is 1.57 bits per heavy atom. The maximum absolute atomic E-state index is 14.7. The number of anilines is 1. The molecule has 16 heteroatoms. The Morgan fingerprint density at radius 1 is 0.922 bits per heavy atom. The number of pyridine rings is 1. The zero-order valence-corrected chi connectivity index (χ0v) is 28.8. The summed E-state index contributed by atoms with van der Waals surface area (Å²) in [5.74, 6) is -13.6. The molecule has 1 saturated carbocycles. The van der Waals surface area contributed by atoms with E-state index in [0.29, 0.717) is 21.5 Å². The molecule has 0 unspecified atom stereocenters. The SMILES string of the molecule is CC(C)(C)OC(=O)N1Cc2cc(N(Cc3ccc(C4CCCCC4)cn3)C(=O)[C@H]3CCN3S(=O)(=O)c3c(F)c(F)c(F)c(F)c3F)ccc2C1=O. The summed E-state index contributed by atoms with van der Waals surface area (Å²) in [6.45, 7) is 4.10. The van der Waals surface area contributed by atoms with E-state index in [4.69, 9.17) is 4.74 Å². The van der Waals surface area contributed by atoms with Gasteiger partial charge in [0.1, 0.15) is 11.6 Å². The van der Waals surface area contributed by atoms with Crippen molar-refractivity contribution in [1.29, 1.82) is 0 Å². The summed E-state index contributed by atoms with van der Waals surface area (Å²) in [7, 11) is -5.40. The van der Waals surface area contributed by atoms with Crippen LogP contribution in [-0.2, 0) is 32.6 Å². The van der Waals surface area contributed by atoms with Crippen molar-refractivity contribution in [2.24, 2.45) is 0 Å². The number of hydrogen-bond acceptors (Lipinski definition) is 7. The highest BCUT2D eigenvalue weighted by Crippen LogP contribution is 2.37. The van der Waals surface area contributed by atoms with Crippen LogP contribution in [0.15, 0.2) is 41.4 Å². The lowest BCUT2D eigenvalue weighted by atomic mass is 9.85. The van der Waals surface area contributed by atoms with Gasteiger partial charge in [0.25, 0.3) is 5.91 Å². The summed E-state index contributed by atoms with van der Waals surface area (Å²) >= 11 is 0. The second kappa shape index (κ2) is 13.6. The smallest absolute Gasteiger partial charge is 0.417 e. The summed E-state index contributed by atoms with van der Waals surface area (Å²) in [6, 6.07) is 6.36. The van der Waals surface area contributed by atoms with Crippen LogP contribution in [0.25, 0.3) is 0 Å². The van der Waals surface area contributed by atoms with Crippen LogP contribution in [0.5, 0.6) is 0 Å². The fourth-order valence-corrected chi connectivity index (χ4v) is 8.35. The van der Waals surface area contributed by atoms with Crippen molar-refractivity contribution in [3.63, 3.8) is 0 Å². The van der Waals surface area contributed by atoms with Crippen LogP contribution in [0, 0.1) is 29.1 Å². The van der Waals surface area contributed by atoms with Gasteiger partial charge in [-0.3, -0.25) is 14.6 Å². The van der Waals surface area contributed by atoms with Crippen LogP contribution in [-0.4, -0.2) is 58.7 Å². The molecule has 1 aromatic heterocycles. The van der Waals surface area contributed by atoms with Gasteiger partial charge in [-0.15, -0.1) is 0 Å². The minimum absolute atomic E-state index is 0.131. The average Bonchev–Trinajstić information content (AvgIpc) is 3.40. The van der Waals surface area contributed by atoms with Gasteiger partial charge in [-0.2, -0.15) is 4.31 Å². The van der Waals surface area contributed by atoms with Gasteiger partial charge in [0.05, 0.1) is 18.8 Å². The molecule has 272 valence electrons. The number of nitrogens with zero attached hydrogens (tertiary/aromatic N) is 4. The molecule has 6 rings (SSSR count). The molecule has 0 spiro atoms. The van der Waals surface area contributed by atoms with Crippen LogP contribution in [0.4, 0.5) is 32.4 Å². The molecule has 2 fully saturated rings. The van der Waals surface area contributed by atoms with E-state index in [1.807, 2.05) is 6.07 Å². The average molecular weight is 735 g/mol. The fourth-order valence-electron chi connectivity index (χ4n) is 6.61. The first-order valence-electron chi connectivity index (χ1n) is 16.5. The Bertz CT molecular complexity index is 1990. The largest absolute Gasteiger partial charge is 0.443 e. The normalized spacial score (nSPS) is 18.4. The Kier molecular flexibility index (Phi) is 9.69. The quantitative estimate of drug-likeness (QED) is 0.151. The van der Waals surface area contributed by atoms with Crippen molar-refractivity contribution in [3.05, 3.63) is 88.0 Å². The number of carbonyl (C=O) groups excluding carboxylic acids is 3. The molecular weight excluding hydrogens is 699 g/mol. The third kappa shape index (κ3) is 6.82. The van der Waals surface area contributed by atoms with Crippen LogP contribution in [0.3, 0.4) is 0 Å². The van der Waals surface area contributed by atoms with Crippen molar-refractivity contribution >= 4 is 33.6 Å². The Morgan fingerprint density at radius 3 is 2.14 bits per heavy atom. The van der Waals surface area contributed by atoms with Crippen LogP contribution in [0.2, 0.25) is 0 Å². The number of fused-ring (bicyclic) bond motifs is 1. The maximum atomic E-state index is 14.7. The van der Waals surface area contributed by atoms with E-state index >= 15 is 0 Å². The number of hydrogen-bond donors (Lipinski definition) is 0. The van der Waals surface area contributed by atoms with Gasteiger partial charge >= 0.3 is 6.09 Å². The van der Waals surface area contributed by atoms with E-state index in [1.165, 1.54) is 29.5 Å². The summed E-state index contributed by atoms with van der Waals surface area (Å²) in [5.41, 5.74) is 1.27. The van der Waals surface area contributed by atoms with E-state index in [1.54, 1.807) is 33.0 Å². The first-order valence-corrected chi connectivity index (χ1v) is 17.9. The van der Waals surface area contributed by atoms with Crippen molar-refractivity contribution in [2.75, 3.05) is 11.4 Å². The van der Waals surface area contributed by atoms with Crippen molar-refractivity contribution in [2.45, 2.75) is 94.8 Å². The molecule has 1 atom stereocenters. The zero-order valence-electron chi connectivity index (χ0n) is 28.0. The van der Waals surface area contributed by atoms with Crippen molar-refractivity contribution < 1.29 is 49.5 Å². The maximum Gasteiger partial charge on any atom is 0.417 e.